The van der Waals surface area contributed by atoms with Crippen LogP contribution >= 0.6 is 0 Å². The van der Waals surface area contributed by atoms with Gasteiger partial charge < -0.3 is 14.6 Å². The van der Waals surface area contributed by atoms with E-state index >= 15 is 0 Å². The largest absolute Gasteiger partial charge is 0.497 e. The van der Waals surface area contributed by atoms with E-state index in [4.69, 9.17) is 9.26 Å². The lowest BCUT2D eigenvalue weighted by Gasteiger charge is -2.11. The Bertz CT molecular complexity index is 1230. The smallest absolute Gasteiger partial charge is 0.262 e. The van der Waals surface area contributed by atoms with Gasteiger partial charge in [0.25, 0.3) is 10.0 Å². The van der Waals surface area contributed by atoms with Crippen molar-refractivity contribution in [1.82, 2.24) is 5.16 Å². The molecule has 1 heterocycles. The summed E-state index contributed by atoms with van der Waals surface area (Å²) in [5.74, 6) is 0.760. The Hall–Kier alpha value is -3.59. The second kappa shape index (κ2) is 9.05. The number of sulfonamides is 1. The Morgan fingerprint density at radius 1 is 1.10 bits per heavy atom. The van der Waals surface area contributed by atoms with Gasteiger partial charge in [-0.2, -0.15) is 0 Å². The van der Waals surface area contributed by atoms with Crippen molar-refractivity contribution in [2.24, 2.45) is 0 Å². The number of hydrogen-bond acceptors (Lipinski definition) is 6. The van der Waals surface area contributed by atoms with Gasteiger partial charge in [-0.05, 0) is 61.4 Å². The van der Waals surface area contributed by atoms with E-state index in [0.29, 0.717) is 39.7 Å². The average molecular weight is 442 g/mol. The molecule has 3 rings (SSSR count). The predicted molar refractivity (Wildman–Crippen MR) is 119 cm³/mol. The average Bonchev–Trinajstić information content (AvgIpc) is 3.06. The normalized spacial score (nSPS) is 11.5. The van der Waals surface area contributed by atoms with Crippen molar-refractivity contribution in [2.75, 3.05) is 17.1 Å². The predicted octanol–water partition coefficient (Wildman–Crippen LogP) is 4.23. The van der Waals surface area contributed by atoms with E-state index in [-0.39, 0.29) is 10.8 Å². The molecule has 0 spiro atoms. The Morgan fingerprint density at radius 2 is 1.81 bits per heavy atom. The SMILES string of the molecule is COc1ccc(NS(=O)(=O)c2cc(/C=C\c3onc(C)c3NC(C)=O)ccc2C)cc1. The van der Waals surface area contributed by atoms with Crippen molar-refractivity contribution in [3.63, 3.8) is 0 Å². The number of ether oxygens (including phenoxy) is 1. The number of nitrogens with zero attached hydrogens (tertiary/aromatic N) is 1. The van der Waals surface area contributed by atoms with Crippen LogP contribution < -0.4 is 14.8 Å². The molecule has 1 aromatic heterocycles. The molecule has 162 valence electrons. The van der Waals surface area contributed by atoms with Crippen LogP contribution in [0.2, 0.25) is 0 Å². The molecule has 0 aliphatic carbocycles. The number of aromatic nitrogens is 1. The number of methoxy groups -OCH3 is 1. The lowest BCUT2D eigenvalue weighted by molar-refractivity contribution is -0.114. The van der Waals surface area contributed by atoms with Gasteiger partial charge in [-0.15, -0.1) is 0 Å². The number of amides is 1. The number of nitrogens with one attached hydrogen (secondary N) is 2. The summed E-state index contributed by atoms with van der Waals surface area (Å²) in [6.45, 7) is 4.84. The summed E-state index contributed by atoms with van der Waals surface area (Å²) in [7, 11) is -2.26. The summed E-state index contributed by atoms with van der Waals surface area (Å²) < 4.78 is 38.8. The van der Waals surface area contributed by atoms with E-state index in [1.165, 1.54) is 6.92 Å². The van der Waals surface area contributed by atoms with Crippen molar-refractivity contribution >= 4 is 39.5 Å². The fraction of sp³-hybridized carbons (Fsp3) is 0.182. The highest BCUT2D eigenvalue weighted by Crippen LogP contribution is 2.25. The molecule has 0 bridgehead atoms. The van der Waals surface area contributed by atoms with Gasteiger partial charge in [0.05, 0.1) is 12.0 Å². The number of hydrogen-bond donors (Lipinski definition) is 2. The second-order valence-corrected chi connectivity index (χ2v) is 8.53. The van der Waals surface area contributed by atoms with Gasteiger partial charge in [0.15, 0.2) is 5.76 Å². The van der Waals surface area contributed by atoms with Gasteiger partial charge in [0.2, 0.25) is 5.91 Å². The van der Waals surface area contributed by atoms with Crippen LogP contribution in [0, 0.1) is 13.8 Å². The third-order valence-electron chi connectivity index (χ3n) is 4.46. The quantitative estimate of drug-likeness (QED) is 0.568. The van der Waals surface area contributed by atoms with Crippen molar-refractivity contribution in [3.05, 3.63) is 65.0 Å². The molecule has 31 heavy (non-hydrogen) atoms. The number of aryl methyl sites for hydroxylation is 2. The molecule has 3 aromatic rings. The molecule has 0 atom stereocenters. The zero-order valence-corrected chi connectivity index (χ0v) is 18.4. The number of carbonyl (C=O) groups is 1. The molecule has 1 amide bonds. The highest BCUT2D eigenvalue weighted by Gasteiger charge is 2.18. The topological polar surface area (TPSA) is 111 Å². The molecule has 0 unspecified atom stereocenters. The fourth-order valence-corrected chi connectivity index (χ4v) is 4.22. The molecule has 2 N–H and O–H groups in total. The monoisotopic (exact) mass is 441 g/mol. The van der Waals surface area contributed by atoms with Gasteiger partial charge in [-0.3, -0.25) is 9.52 Å². The molecule has 0 saturated heterocycles. The van der Waals surface area contributed by atoms with Gasteiger partial charge in [-0.25, -0.2) is 8.42 Å². The fourth-order valence-electron chi connectivity index (χ4n) is 2.88. The van der Waals surface area contributed by atoms with E-state index in [2.05, 4.69) is 15.2 Å². The van der Waals surface area contributed by atoms with Crippen molar-refractivity contribution in [1.29, 1.82) is 0 Å². The van der Waals surface area contributed by atoms with Crippen molar-refractivity contribution in [2.45, 2.75) is 25.7 Å². The third kappa shape index (κ3) is 5.32. The number of benzene rings is 2. The van der Waals surface area contributed by atoms with E-state index in [1.54, 1.807) is 75.6 Å². The minimum atomic E-state index is -3.81. The van der Waals surface area contributed by atoms with Crippen molar-refractivity contribution in [3.8, 4) is 5.75 Å². The van der Waals surface area contributed by atoms with Crippen LogP contribution in [0.3, 0.4) is 0 Å². The number of anilines is 2. The first-order valence-corrected chi connectivity index (χ1v) is 10.9. The maximum absolute atomic E-state index is 12.9. The first kappa shape index (κ1) is 22.1. The number of carbonyl (C=O) groups excluding carboxylic acids is 1. The summed E-state index contributed by atoms with van der Waals surface area (Å²) in [6, 6.07) is 11.7. The standard InChI is InChI=1S/C22H23N3O5S/c1-14-5-6-17(7-12-20-22(23-16(3)26)15(2)24-30-20)13-21(14)31(27,28)25-18-8-10-19(29-4)11-9-18/h5-13,25H,1-4H3,(H,23,26)/b12-7-. The van der Waals surface area contributed by atoms with E-state index < -0.39 is 10.0 Å². The molecule has 8 nitrogen and oxygen atoms in total. The van der Waals surface area contributed by atoms with Crippen LogP contribution in [0.15, 0.2) is 51.9 Å². The highest BCUT2D eigenvalue weighted by atomic mass is 32.2. The van der Waals surface area contributed by atoms with E-state index in [1.807, 2.05) is 0 Å². The Balaban J connectivity index is 1.87. The van der Waals surface area contributed by atoms with Gasteiger partial charge >= 0.3 is 0 Å². The molecule has 0 radical (unpaired) electrons. The zero-order chi connectivity index (χ0) is 22.6. The summed E-state index contributed by atoms with van der Waals surface area (Å²) in [6.07, 6.45) is 3.32. The molecule has 0 fully saturated rings. The summed E-state index contributed by atoms with van der Waals surface area (Å²) in [5, 5.41) is 6.53. The molecule has 9 heteroatoms. The molecular formula is C22H23N3O5S. The maximum Gasteiger partial charge on any atom is 0.262 e. The molecular weight excluding hydrogens is 418 g/mol. The minimum absolute atomic E-state index is 0.154. The first-order chi connectivity index (χ1) is 14.7. The van der Waals surface area contributed by atoms with Gasteiger partial charge in [0, 0.05) is 12.6 Å². The van der Waals surface area contributed by atoms with Crippen LogP contribution in [-0.4, -0.2) is 26.6 Å². The Kier molecular flexibility index (Phi) is 6.45. The van der Waals surface area contributed by atoms with Crippen LogP contribution in [0.5, 0.6) is 5.75 Å². The van der Waals surface area contributed by atoms with Gasteiger partial charge in [-0.1, -0.05) is 23.4 Å². The lowest BCUT2D eigenvalue weighted by Crippen LogP contribution is -2.14. The summed E-state index contributed by atoms with van der Waals surface area (Å²) in [4.78, 5) is 11.5. The molecule has 0 aliphatic rings. The minimum Gasteiger partial charge on any atom is -0.497 e. The third-order valence-corrected chi connectivity index (χ3v) is 5.98. The highest BCUT2D eigenvalue weighted by molar-refractivity contribution is 7.92. The first-order valence-electron chi connectivity index (χ1n) is 9.39. The Morgan fingerprint density at radius 3 is 2.45 bits per heavy atom. The zero-order valence-electron chi connectivity index (χ0n) is 17.6. The van der Waals surface area contributed by atoms with Crippen LogP contribution in [0.25, 0.3) is 12.2 Å². The van der Waals surface area contributed by atoms with Crippen LogP contribution in [0.1, 0.15) is 29.5 Å². The van der Waals surface area contributed by atoms with E-state index in [9.17, 15) is 13.2 Å². The van der Waals surface area contributed by atoms with Crippen molar-refractivity contribution < 1.29 is 22.5 Å². The molecule has 2 aromatic carbocycles. The maximum atomic E-state index is 12.9. The lowest BCUT2D eigenvalue weighted by atomic mass is 10.1. The summed E-state index contributed by atoms with van der Waals surface area (Å²) in [5.41, 5.74) is 2.70. The van der Waals surface area contributed by atoms with Crippen LogP contribution in [-0.2, 0) is 14.8 Å². The van der Waals surface area contributed by atoms with Gasteiger partial charge in [0.1, 0.15) is 17.1 Å². The molecule has 0 saturated carbocycles. The molecule has 0 aliphatic heterocycles. The van der Waals surface area contributed by atoms with E-state index in [0.717, 1.165) is 0 Å². The van der Waals surface area contributed by atoms with Crippen LogP contribution in [0.4, 0.5) is 11.4 Å². The number of rotatable bonds is 7. The Labute approximate surface area is 181 Å². The summed E-state index contributed by atoms with van der Waals surface area (Å²) >= 11 is 0. The second-order valence-electron chi connectivity index (χ2n) is 6.88.